The van der Waals surface area contributed by atoms with Gasteiger partial charge in [-0.3, -0.25) is 9.55 Å². The highest BCUT2D eigenvalue weighted by Crippen LogP contribution is 2.10. The molecule has 0 unspecified atom stereocenters. The number of nitrogens with one attached hydrogen (secondary N) is 2. The first-order chi connectivity index (χ1) is 12.1. The number of hydrogen-bond acceptors (Lipinski definition) is 5. The van der Waals surface area contributed by atoms with Gasteiger partial charge in [0.25, 0.3) is 0 Å². The normalized spacial score (nSPS) is 10.6. The summed E-state index contributed by atoms with van der Waals surface area (Å²) in [6.45, 7) is 1.07. The van der Waals surface area contributed by atoms with Crippen LogP contribution in [-0.2, 0) is 20.1 Å². The van der Waals surface area contributed by atoms with Crippen LogP contribution < -0.4 is 16.3 Å². The molecule has 0 fully saturated rings. The standard InChI is InChI=1S/C16H18N6O2S/c1-21-14(13-6-2-3-7-17-13)20-22(16(21)24)9-8-18-15(23)19-11-12-5-4-10-25-12/h2-7,10H,8-9,11H2,1H3,(H2,18,19,23). The Kier molecular flexibility index (Phi) is 5.24. The maximum absolute atomic E-state index is 12.2. The Morgan fingerprint density at radius 1 is 1.24 bits per heavy atom. The molecule has 0 atom stereocenters. The summed E-state index contributed by atoms with van der Waals surface area (Å²) in [7, 11) is 1.65. The van der Waals surface area contributed by atoms with E-state index < -0.39 is 0 Å². The summed E-state index contributed by atoms with van der Waals surface area (Å²) in [5.41, 5.74) is 0.379. The molecule has 25 heavy (non-hydrogen) atoms. The fourth-order valence-corrected chi connectivity index (χ4v) is 2.91. The predicted octanol–water partition coefficient (Wildman–Crippen LogP) is 1.20. The molecule has 0 aliphatic heterocycles. The molecule has 0 bridgehead atoms. The van der Waals surface area contributed by atoms with Gasteiger partial charge in [0.2, 0.25) is 0 Å². The minimum atomic E-state index is -0.276. The van der Waals surface area contributed by atoms with Crippen molar-refractivity contribution in [2.24, 2.45) is 7.05 Å². The van der Waals surface area contributed by atoms with Crippen LogP contribution in [0.5, 0.6) is 0 Å². The Balaban J connectivity index is 1.55. The van der Waals surface area contributed by atoms with Crippen LogP contribution in [0.25, 0.3) is 11.5 Å². The van der Waals surface area contributed by atoms with Crippen molar-refractivity contribution in [3.63, 3.8) is 0 Å². The minimum absolute atomic E-state index is 0.249. The van der Waals surface area contributed by atoms with E-state index in [-0.39, 0.29) is 18.3 Å². The lowest BCUT2D eigenvalue weighted by Gasteiger charge is -2.06. The van der Waals surface area contributed by atoms with Crippen LogP contribution in [0.15, 0.2) is 46.7 Å². The van der Waals surface area contributed by atoms with Crippen LogP contribution in [-0.4, -0.2) is 31.9 Å². The van der Waals surface area contributed by atoms with Gasteiger partial charge < -0.3 is 10.6 Å². The Morgan fingerprint density at radius 2 is 2.12 bits per heavy atom. The molecule has 3 aromatic rings. The number of amides is 2. The molecular formula is C16H18N6O2S. The average Bonchev–Trinajstić information content (AvgIpc) is 3.24. The Labute approximate surface area is 148 Å². The van der Waals surface area contributed by atoms with Crippen LogP contribution in [0.2, 0.25) is 0 Å². The molecule has 3 aromatic heterocycles. The third kappa shape index (κ3) is 4.13. The zero-order chi connectivity index (χ0) is 17.6. The molecule has 0 saturated carbocycles. The lowest BCUT2D eigenvalue weighted by atomic mass is 10.3. The highest BCUT2D eigenvalue weighted by Gasteiger charge is 2.12. The molecule has 0 saturated heterocycles. The number of pyridine rings is 1. The summed E-state index contributed by atoms with van der Waals surface area (Å²) in [4.78, 5) is 29.3. The molecule has 0 aliphatic carbocycles. The van der Waals surface area contributed by atoms with E-state index in [0.717, 1.165) is 4.88 Å². The van der Waals surface area contributed by atoms with Crippen molar-refractivity contribution in [1.29, 1.82) is 0 Å². The molecule has 0 aromatic carbocycles. The van der Waals surface area contributed by atoms with E-state index in [4.69, 9.17) is 0 Å². The van der Waals surface area contributed by atoms with Gasteiger partial charge in [0.1, 0.15) is 5.69 Å². The number of hydrogen-bond donors (Lipinski definition) is 2. The summed E-state index contributed by atoms with van der Waals surface area (Å²) >= 11 is 1.58. The number of carbonyl (C=O) groups is 1. The summed E-state index contributed by atoms with van der Waals surface area (Å²) in [6, 6.07) is 9.05. The quantitative estimate of drug-likeness (QED) is 0.692. The second-order valence-electron chi connectivity index (χ2n) is 5.29. The maximum Gasteiger partial charge on any atom is 0.346 e. The number of nitrogens with zero attached hydrogens (tertiary/aromatic N) is 4. The maximum atomic E-state index is 12.2. The molecule has 3 rings (SSSR count). The molecule has 0 spiro atoms. The lowest BCUT2D eigenvalue weighted by Crippen LogP contribution is -2.38. The average molecular weight is 358 g/mol. The van der Waals surface area contributed by atoms with Gasteiger partial charge in [-0.2, -0.15) is 0 Å². The zero-order valence-corrected chi connectivity index (χ0v) is 14.5. The van der Waals surface area contributed by atoms with E-state index in [1.165, 1.54) is 9.25 Å². The molecule has 0 radical (unpaired) electrons. The SMILES string of the molecule is Cn1c(-c2ccccn2)nn(CCNC(=O)NCc2cccs2)c1=O. The van der Waals surface area contributed by atoms with Crippen molar-refractivity contribution in [1.82, 2.24) is 30.0 Å². The fraction of sp³-hybridized carbons (Fsp3) is 0.250. The highest BCUT2D eigenvalue weighted by molar-refractivity contribution is 7.09. The van der Waals surface area contributed by atoms with Crippen LogP contribution >= 0.6 is 11.3 Å². The fourth-order valence-electron chi connectivity index (χ4n) is 2.27. The zero-order valence-electron chi connectivity index (χ0n) is 13.7. The molecular weight excluding hydrogens is 340 g/mol. The molecule has 8 nitrogen and oxygen atoms in total. The Bertz CT molecular complexity index is 885. The topological polar surface area (TPSA) is 93.8 Å². The van der Waals surface area contributed by atoms with Crippen molar-refractivity contribution in [3.8, 4) is 11.5 Å². The van der Waals surface area contributed by atoms with E-state index in [0.29, 0.717) is 24.6 Å². The van der Waals surface area contributed by atoms with E-state index >= 15 is 0 Å². The summed E-state index contributed by atoms with van der Waals surface area (Å²) in [6.07, 6.45) is 1.65. The first-order valence-corrected chi connectivity index (χ1v) is 8.62. The Hall–Kier alpha value is -2.94. The van der Waals surface area contributed by atoms with Crippen LogP contribution in [0.4, 0.5) is 4.79 Å². The number of carbonyl (C=O) groups excluding carboxylic acids is 1. The number of thiophene rings is 1. The third-order valence-corrected chi connectivity index (χ3v) is 4.42. The van der Waals surface area contributed by atoms with Crippen molar-refractivity contribution in [2.45, 2.75) is 13.1 Å². The minimum Gasteiger partial charge on any atom is -0.336 e. The molecule has 3 heterocycles. The number of rotatable bonds is 6. The predicted molar refractivity (Wildman–Crippen MR) is 95.3 cm³/mol. The van der Waals surface area contributed by atoms with Gasteiger partial charge in [0.15, 0.2) is 5.82 Å². The first-order valence-electron chi connectivity index (χ1n) is 7.74. The van der Waals surface area contributed by atoms with Crippen molar-refractivity contribution < 1.29 is 4.79 Å². The number of urea groups is 1. The lowest BCUT2D eigenvalue weighted by molar-refractivity contribution is 0.240. The summed E-state index contributed by atoms with van der Waals surface area (Å²) in [5.74, 6) is 0.493. The first kappa shape index (κ1) is 16.9. The van der Waals surface area contributed by atoms with Crippen LogP contribution in [0, 0.1) is 0 Å². The van der Waals surface area contributed by atoms with Gasteiger partial charge >= 0.3 is 11.7 Å². The van der Waals surface area contributed by atoms with E-state index in [2.05, 4.69) is 20.7 Å². The van der Waals surface area contributed by atoms with E-state index in [1.54, 1.807) is 36.7 Å². The second-order valence-corrected chi connectivity index (χ2v) is 6.32. The third-order valence-electron chi connectivity index (χ3n) is 3.55. The number of aromatic nitrogens is 4. The summed E-state index contributed by atoms with van der Waals surface area (Å²) < 4.78 is 2.77. The molecule has 130 valence electrons. The molecule has 2 N–H and O–H groups in total. The van der Waals surface area contributed by atoms with Crippen LogP contribution in [0.3, 0.4) is 0 Å². The van der Waals surface area contributed by atoms with E-state index in [1.807, 2.05) is 23.6 Å². The monoisotopic (exact) mass is 358 g/mol. The van der Waals surface area contributed by atoms with Gasteiger partial charge in [-0.15, -0.1) is 16.4 Å². The van der Waals surface area contributed by atoms with Gasteiger partial charge in [0, 0.05) is 24.7 Å². The largest absolute Gasteiger partial charge is 0.346 e. The molecule has 0 aliphatic rings. The van der Waals surface area contributed by atoms with Gasteiger partial charge in [-0.05, 0) is 23.6 Å². The Morgan fingerprint density at radius 3 is 2.84 bits per heavy atom. The molecule has 2 amide bonds. The van der Waals surface area contributed by atoms with Gasteiger partial charge in [-0.25, -0.2) is 14.3 Å². The molecule has 9 heteroatoms. The smallest absolute Gasteiger partial charge is 0.336 e. The van der Waals surface area contributed by atoms with Gasteiger partial charge in [0.05, 0.1) is 13.1 Å². The van der Waals surface area contributed by atoms with Crippen molar-refractivity contribution in [3.05, 3.63) is 57.3 Å². The second kappa shape index (κ2) is 7.75. The van der Waals surface area contributed by atoms with Crippen molar-refractivity contribution >= 4 is 17.4 Å². The van der Waals surface area contributed by atoms with Gasteiger partial charge in [-0.1, -0.05) is 12.1 Å². The summed E-state index contributed by atoms with van der Waals surface area (Å²) in [5, 5.41) is 11.7. The van der Waals surface area contributed by atoms with Crippen LogP contribution in [0.1, 0.15) is 4.88 Å². The highest BCUT2D eigenvalue weighted by atomic mass is 32.1. The van der Waals surface area contributed by atoms with Crippen molar-refractivity contribution in [2.75, 3.05) is 6.54 Å². The van der Waals surface area contributed by atoms with E-state index in [9.17, 15) is 9.59 Å².